The number of rotatable bonds is 9. The topological polar surface area (TPSA) is 38.3 Å². The van der Waals surface area contributed by atoms with Gasteiger partial charge >= 0.3 is 0 Å². The van der Waals surface area contributed by atoms with Gasteiger partial charge in [-0.1, -0.05) is 43.7 Å². The van der Waals surface area contributed by atoms with Crippen molar-refractivity contribution < 1.29 is 9.53 Å². The maximum Gasteiger partial charge on any atom is 0.221 e. The zero-order chi connectivity index (χ0) is 18.9. The Morgan fingerprint density at radius 2 is 1.73 bits per heavy atom. The van der Waals surface area contributed by atoms with E-state index < -0.39 is 0 Å². The first-order valence-electron chi connectivity index (χ1n) is 9.10. The average Bonchev–Trinajstić information content (AvgIpc) is 2.62. The van der Waals surface area contributed by atoms with Crippen molar-refractivity contribution in [2.24, 2.45) is 5.92 Å². The molecule has 140 valence electrons. The van der Waals surface area contributed by atoms with Crippen molar-refractivity contribution in [3.63, 3.8) is 0 Å². The van der Waals surface area contributed by atoms with Crippen LogP contribution in [0.25, 0.3) is 0 Å². The number of hydrogen-bond donors (Lipinski definition) is 1. The van der Waals surface area contributed by atoms with Crippen LogP contribution in [0.15, 0.2) is 53.4 Å². The fraction of sp³-hybridized carbons (Fsp3) is 0.409. The van der Waals surface area contributed by atoms with E-state index in [2.05, 4.69) is 50.4 Å². The minimum atomic E-state index is 0.0396. The maximum absolute atomic E-state index is 12.4. The standard InChI is InChI=1S/C22H29NO2S/c1-16(2)15-21(18-7-9-19(25-4)10-8-18)23-22(24)13-14-26-20-11-5-17(3)6-12-20/h5-12,16,21H,13-15H2,1-4H3,(H,23,24). The van der Waals surface area contributed by atoms with Gasteiger partial charge in [0.1, 0.15) is 5.75 Å². The number of benzene rings is 2. The largest absolute Gasteiger partial charge is 0.497 e. The summed E-state index contributed by atoms with van der Waals surface area (Å²) in [6, 6.07) is 16.4. The Bertz CT molecular complexity index is 680. The number of aryl methyl sites for hydroxylation is 1. The molecule has 0 aliphatic heterocycles. The molecule has 1 unspecified atom stereocenters. The van der Waals surface area contributed by atoms with E-state index in [0.717, 1.165) is 23.5 Å². The molecule has 2 rings (SSSR count). The monoisotopic (exact) mass is 371 g/mol. The third-order valence-electron chi connectivity index (χ3n) is 4.18. The number of carbonyl (C=O) groups excluding carboxylic acids is 1. The van der Waals surface area contributed by atoms with Gasteiger partial charge in [-0.3, -0.25) is 4.79 Å². The predicted octanol–water partition coefficient (Wildman–Crippen LogP) is 5.39. The second kappa shape index (κ2) is 10.3. The van der Waals surface area contributed by atoms with Gasteiger partial charge in [-0.15, -0.1) is 11.8 Å². The number of hydrogen-bond acceptors (Lipinski definition) is 3. The molecule has 0 radical (unpaired) electrons. The van der Waals surface area contributed by atoms with Crippen molar-refractivity contribution in [2.45, 2.75) is 44.6 Å². The van der Waals surface area contributed by atoms with Gasteiger partial charge in [0.05, 0.1) is 13.2 Å². The van der Waals surface area contributed by atoms with Crippen LogP contribution in [0.1, 0.15) is 43.9 Å². The Balaban J connectivity index is 1.89. The molecular weight excluding hydrogens is 342 g/mol. The molecule has 0 heterocycles. The fourth-order valence-corrected chi connectivity index (χ4v) is 3.60. The summed E-state index contributed by atoms with van der Waals surface area (Å²) in [6.45, 7) is 6.43. The number of nitrogens with one attached hydrogen (secondary N) is 1. The lowest BCUT2D eigenvalue weighted by Crippen LogP contribution is -2.29. The molecular formula is C22H29NO2S. The van der Waals surface area contributed by atoms with E-state index in [1.54, 1.807) is 18.9 Å². The smallest absolute Gasteiger partial charge is 0.221 e. The summed E-state index contributed by atoms with van der Waals surface area (Å²) in [4.78, 5) is 13.6. The van der Waals surface area contributed by atoms with Crippen molar-refractivity contribution in [1.82, 2.24) is 5.32 Å². The van der Waals surface area contributed by atoms with Crippen molar-refractivity contribution in [3.05, 3.63) is 59.7 Å². The molecule has 1 atom stereocenters. The normalized spacial score (nSPS) is 12.0. The molecule has 0 spiro atoms. The minimum Gasteiger partial charge on any atom is -0.497 e. The van der Waals surface area contributed by atoms with Crippen molar-refractivity contribution in [1.29, 1.82) is 0 Å². The molecule has 1 amide bonds. The first-order chi connectivity index (χ1) is 12.5. The van der Waals surface area contributed by atoms with Gasteiger partial charge in [0, 0.05) is 17.1 Å². The molecule has 4 heteroatoms. The molecule has 0 aliphatic carbocycles. The summed E-state index contributed by atoms with van der Waals surface area (Å²) < 4.78 is 5.22. The van der Waals surface area contributed by atoms with Gasteiger partial charge in [-0.05, 0) is 49.1 Å². The fourth-order valence-electron chi connectivity index (χ4n) is 2.75. The van der Waals surface area contributed by atoms with Crippen molar-refractivity contribution in [3.8, 4) is 5.75 Å². The number of ether oxygens (including phenoxy) is 1. The summed E-state index contributed by atoms with van der Waals surface area (Å²) in [5.41, 5.74) is 2.38. The molecule has 2 aromatic carbocycles. The Morgan fingerprint density at radius 3 is 2.31 bits per heavy atom. The van der Waals surface area contributed by atoms with Crippen molar-refractivity contribution >= 4 is 17.7 Å². The van der Waals surface area contributed by atoms with Crippen LogP contribution in [-0.4, -0.2) is 18.8 Å². The van der Waals surface area contributed by atoms with E-state index in [9.17, 15) is 4.79 Å². The zero-order valence-corrected chi connectivity index (χ0v) is 16.9. The second-order valence-electron chi connectivity index (χ2n) is 6.93. The predicted molar refractivity (Wildman–Crippen MR) is 110 cm³/mol. The maximum atomic E-state index is 12.4. The van der Waals surface area contributed by atoms with E-state index in [1.807, 2.05) is 24.3 Å². The summed E-state index contributed by atoms with van der Waals surface area (Å²) in [7, 11) is 1.66. The van der Waals surface area contributed by atoms with Crippen LogP contribution >= 0.6 is 11.8 Å². The quantitative estimate of drug-likeness (QED) is 0.601. The Morgan fingerprint density at radius 1 is 1.08 bits per heavy atom. The van der Waals surface area contributed by atoms with E-state index in [0.29, 0.717) is 12.3 Å². The summed E-state index contributed by atoms with van der Waals surface area (Å²) in [6.07, 6.45) is 1.44. The zero-order valence-electron chi connectivity index (χ0n) is 16.1. The van der Waals surface area contributed by atoms with Gasteiger partial charge in [0.15, 0.2) is 0 Å². The number of carbonyl (C=O) groups is 1. The van der Waals surface area contributed by atoms with Crippen LogP contribution < -0.4 is 10.1 Å². The average molecular weight is 372 g/mol. The molecule has 0 saturated heterocycles. The molecule has 3 nitrogen and oxygen atoms in total. The third kappa shape index (κ3) is 6.75. The molecule has 0 fully saturated rings. The highest BCUT2D eigenvalue weighted by molar-refractivity contribution is 7.99. The minimum absolute atomic E-state index is 0.0396. The third-order valence-corrected chi connectivity index (χ3v) is 5.19. The van der Waals surface area contributed by atoms with Crippen LogP contribution in [0.5, 0.6) is 5.75 Å². The van der Waals surface area contributed by atoms with Gasteiger partial charge in [-0.25, -0.2) is 0 Å². The second-order valence-corrected chi connectivity index (χ2v) is 8.10. The molecule has 26 heavy (non-hydrogen) atoms. The summed E-state index contributed by atoms with van der Waals surface area (Å²) in [5, 5.41) is 3.20. The highest BCUT2D eigenvalue weighted by atomic mass is 32.2. The van der Waals surface area contributed by atoms with E-state index >= 15 is 0 Å². The van der Waals surface area contributed by atoms with Gasteiger partial charge < -0.3 is 10.1 Å². The Labute approximate surface area is 161 Å². The summed E-state index contributed by atoms with van der Waals surface area (Å²) in [5.74, 6) is 2.22. The molecule has 2 aromatic rings. The van der Waals surface area contributed by atoms with Crippen LogP contribution in [0.3, 0.4) is 0 Å². The lowest BCUT2D eigenvalue weighted by molar-refractivity contribution is -0.121. The lowest BCUT2D eigenvalue weighted by atomic mass is 9.97. The highest BCUT2D eigenvalue weighted by Gasteiger charge is 2.16. The Hall–Kier alpha value is -1.94. The van der Waals surface area contributed by atoms with E-state index in [1.165, 1.54) is 10.5 Å². The first-order valence-corrected chi connectivity index (χ1v) is 10.1. The van der Waals surface area contributed by atoms with Crippen LogP contribution in [0.2, 0.25) is 0 Å². The van der Waals surface area contributed by atoms with Crippen LogP contribution in [0, 0.1) is 12.8 Å². The van der Waals surface area contributed by atoms with Crippen LogP contribution in [-0.2, 0) is 4.79 Å². The molecule has 0 bridgehead atoms. The van der Waals surface area contributed by atoms with Gasteiger partial charge in [0.25, 0.3) is 0 Å². The molecule has 1 N–H and O–H groups in total. The molecule has 0 aliphatic rings. The Kier molecular flexibility index (Phi) is 8.05. The first kappa shape index (κ1) is 20.4. The molecule has 0 aromatic heterocycles. The van der Waals surface area contributed by atoms with E-state index in [4.69, 9.17) is 4.74 Å². The highest BCUT2D eigenvalue weighted by Crippen LogP contribution is 2.24. The van der Waals surface area contributed by atoms with Crippen molar-refractivity contribution in [2.75, 3.05) is 12.9 Å². The molecule has 0 saturated carbocycles. The number of amides is 1. The van der Waals surface area contributed by atoms with Crippen LogP contribution in [0.4, 0.5) is 0 Å². The number of thioether (sulfide) groups is 1. The number of methoxy groups -OCH3 is 1. The lowest BCUT2D eigenvalue weighted by Gasteiger charge is -2.21. The van der Waals surface area contributed by atoms with Gasteiger partial charge in [0.2, 0.25) is 5.91 Å². The SMILES string of the molecule is COc1ccc(C(CC(C)C)NC(=O)CCSc2ccc(C)cc2)cc1. The van der Waals surface area contributed by atoms with E-state index in [-0.39, 0.29) is 11.9 Å². The summed E-state index contributed by atoms with van der Waals surface area (Å²) >= 11 is 1.72. The van der Waals surface area contributed by atoms with Gasteiger partial charge in [-0.2, -0.15) is 0 Å².